The first kappa shape index (κ1) is 8.85. The molecule has 0 aliphatic heterocycles. The smallest absolute Gasteiger partial charge is 0.138 e. The van der Waals surface area contributed by atoms with Gasteiger partial charge < -0.3 is 0 Å². The van der Waals surface area contributed by atoms with Crippen LogP contribution in [0.2, 0.25) is 0 Å². The molecule has 0 spiro atoms. The predicted octanol–water partition coefficient (Wildman–Crippen LogP) is 3.66. The van der Waals surface area contributed by atoms with Gasteiger partial charge in [0.1, 0.15) is 5.40 Å². The van der Waals surface area contributed by atoms with Crippen molar-refractivity contribution >= 4 is 43.9 Å². The van der Waals surface area contributed by atoms with E-state index < -0.39 is 0 Å². The van der Waals surface area contributed by atoms with Crippen molar-refractivity contribution in [2.75, 3.05) is 0 Å². The molecule has 0 amide bonds. The van der Waals surface area contributed by atoms with E-state index in [1.807, 2.05) is 22.2 Å². The van der Waals surface area contributed by atoms with Crippen LogP contribution in [0, 0.1) is 10.7 Å². The molecule has 56 valence electrons. The lowest BCUT2D eigenvalue weighted by molar-refractivity contribution is 1.57. The summed E-state index contributed by atoms with van der Waals surface area (Å²) in [6.45, 7) is 0. The topological polar surface area (TPSA) is 23.8 Å². The minimum absolute atomic E-state index is 0.953. The molecule has 0 aromatic carbocycles. The van der Waals surface area contributed by atoms with Crippen molar-refractivity contribution in [2.45, 2.75) is 0 Å². The van der Waals surface area contributed by atoms with Gasteiger partial charge in [-0.1, -0.05) is 15.9 Å². The number of thiocyanates is 1. The number of nitrogens with zero attached hydrogens (tertiary/aromatic N) is 1. The third-order valence-corrected chi connectivity index (χ3v) is 3.17. The highest BCUT2D eigenvalue weighted by atomic mass is 79.9. The van der Waals surface area contributed by atoms with Gasteiger partial charge in [0.25, 0.3) is 0 Å². The maximum absolute atomic E-state index is 8.42. The van der Waals surface area contributed by atoms with Crippen molar-refractivity contribution in [3.8, 4) is 5.40 Å². The molecule has 0 unspecified atom stereocenters. The van der Waals surface area contributed by atoms with E-state index in [1.54, 1.807) is 16.3 Å². The number of nitriles is 1. The van der Waals surface area contributed by atoms with E-state index in [0.29, 0.717) is 0 Å². The third-order valence-electron chi connectivity index (χ3n) is 1.06. The molecule has 0 bridgehead atoms. The number of rotatable bonds is 2. The van der Waals surface area contributed by atoms with Crippen LogP contribution in [0.25, 0.3) is 4.91 Å². The average Bonchev–Trinajstić information content (AvgIpc) is 2.52. The van der Waals surface area contributed by atoms with Crippen molar-refractivity contribution in [1.29, 1.82) is 5.26 Å². The Kier molecular flexibility index (Phi) is 3.70. The van der Waals surface area contributed by atoms with Crippen molar-refractivity contribution in [1.82, 2.24) is 0 Å². The molecule has 1 rings (SSSR count). The molecule has 0 aliphatic rings. The SMILES string of the molecule is N#CS/C(=C\Br)c1ccsc1. The minimum atomic E-state index is 0.953. The zero-order chi connectivity index (χ0) is 8.10. The highest BCUT2D eigenvalue weighted by Gasteiger charge is 2.00. The Balaban J connectivity index is 2.83. The fraction of sp³-hybridized carbons (Fsp3) is 0. The molecule has 1 aromatic rings. The molecule has 0 aliphatic carbocycles. The lowest BCUT2D eigenvalue weighted by Gasteiger charge is -1.93. The first-order valence-corrected chi connectivity index (χ1v) is 5.45. The van der Waals surface area contributed by atoms with Gasteiger partial charge in [-0.25, -0.2) is 0 Å². The fourth-order valence-corrected chi connectivity index (χ4v) is 2.26. The van der Waals surface area contributed by atoms with E-state index in [0.717, 1.165) is 22.2 Å². The maximum atomic E-state index is 8.42. The number of halogens is 1. The largest absolute Gasteiger partial charge is 0.185 e. The lowest BCUT2D eigenvalue weighted by atomic mass is 10.3. The summed E-state index contributed by atoms with van der Waals surface area (Å²) in [6.07, 6.45) is 0. The second-order valence-corrected chi connectivity index (χ2v) is 3.74. The summed E-state index contributed by atoms with van der Waals surface area (Å²) in [6, 6.07) is 1.99. The summed E-state index contributed by atoms with van der Waals surface area (Å²) in [7, 11) is 0. The van der Waals surface area contributed by atoms with Gasteiger partial charge in [0.15, 0.2) is 0 Å². The fourth-order valence-electron chi connectivity index (χ4n) is 0.598. The Morgan fingerprint density at radius 2 is 2.64 bits per heavy atom. The van der Waals surface area contributed by atoms with Gasteiger partial charge in [-0.3, -0.25) is 0 Å². The molecule has 1 aromatic heterocycles. The molecule has 11 heavy (non-hydrogen) atoms. The van der Waals surface area contributed by atoms with Gasteiger partial charge >= 0.3 is 0 Å². The first-order valence-electron chi connectivity index (χ1n) is 2.77. The van der Waals surface area contributed by atoms with E-state index in [9.17, 15) is 0 Å². The molecule has 1 heterocycles. The van der Waals surface area contributed by atoms with Crippen LogP contribution in [0.5, 0.6) is 0 Å². The van der Waals surface area contributed by atoms with Crippen molar-refractivity contribution in [3.63, 3.8) is 0 Å². The Hall–Kier alpha value is -0.240. The van der Waals surface area contributed by atoms with Crippen LogP contribution in [-0.2, 0) is 0 Å². The zero-order valence-corrected chi connectivity index (χ0v) is 8.67. The van der Waals surface area contributed by atoms with E-state index in [4.69, 9.17) is 5.26 Å². The summed E-state index contributed by atoms with van der Waals surface area (Å²) in [5, 5.41) is 14.5. The Bertz CT molecular complexity index is 284. The van der Waals surface area contributed by atoms with Crippen LogP contribution < -0.4 is 0 Å². The van der Waals surface area contributed by atoms with Gasteiger partial charge in [0, 0.05) is 10.5 Å². The van der Waals surface area contributed by atoms with Crippen molar-refractivity contribution < 1.29 is 0 Å². The summed E-state index contributed by atoms with van der Waals surface area (Å²) in [5.41, 5.74) is 1.10. The lowest BCUT2D eigenvalue weighted by Crippen LogP contribution is -1.69. The second kappa shape index (κ2) is 4.60. The molecule has 0 atom stereocenters. The number of thiophene rings is 1. The van der Waals surface area contributed by atoms with Gasteiger partial charge in [-0.15, -0.1) is 0 Å². The molecule has 1 nitrogen and oxygen atoms in total. The van der Waals surface area contributed by atoms with Crippen LogP contribution in [0.4, 0.5) is 0 Å². The molecular weight excluding hydrogens is 242 g/mol. The standard InChI is InChI=1S/C7H4BrNS2/c8-3-7(11-5-9)6-1-2-10-4-6/h1-4H/b7-3-. The number of hydrogen-bond acceptors (Lipinski definition) is 3. The highest BCUT2D eigenvalue weighted by molar-refractivity contribution is 9.11. The van der Waals surface area contributed by atoms with Gasteiger partial charge in [0.05, 0.1) is 0 Å². The molecule has 0 fully saturated rings. The van der Waals surface area contributed by atoms with Crippen LogP contribution in [0.1, 0.15) is 5.56 Å². The minimum Gasteiger partial charge on any atom is -0.185 e. The summed E-state index contributed by atoms with van der Waals surface area (Å²) < 4.78 is 0. The molecule has 4 heteroatoms. The third kappa shape index (κ3) is 2.37. The molecule has 0 saturated carbocycles. The Morgan fingerprint density at radius 3 is 3.09 bits per heavy atom. The number of hydrogen-bond donors (Lipinski definition) is 0. The molecule has 0 radical (unpaired) electrons. The van der Waals surface area contributed by atoms with Gasteiger partial charge in [-0.2, -0.15) is 16.6 Å². The first-order chi connectivity index (χ1) is 5.38. The Morgan fingerprint density at radius 1 is 1.82 bits per heavy atom. The zero-order valence-electron chi connectivity index (χ0n) is 5.45. The average molecular weight is 246 g/mol. The van der Waals surface area contributed by atoms with E-state index in [1.165, 1.54) is 0 Å². The summed E-state index contributed by atoms with van der Waals surface area (Å²) in [5.74, 6) is 0. The monoisotopic (exact) mass is 245 g/mol. The van der Waals surface area contributed by atoms with E-state index in [-0.39, 0.29) is 0 Å². The maximum Gasteiger partial charge on any atom is 0.138 e. The van der Waals surface area contributed by atoms with Crippen LogP contribution in [0.3, 0.4) is 0 Å². The van der Waals surface area contributed by atoms with E-state index in [2.05, 4.69) is 15.9 Å². The van der Waals surface area contributed by atoms with Gasteiger partial charge in [-0.05, 0) is 33.6 Å². The van der Waals surface area contributed by atoms with Crippen LogP contribution in [0.15, 0.2) is 21.8 Å². The highest BCUT2D eigenvalue weighted by Crippen LogP contribution is 2.28. The molecule has 0 saturated heterocycles. The van der Waals surface area contributed by atoms with E-state index >= 15 is 0 Å². The molecule has 0 N–H and O–H groups in total. The van der Waals surface area contributed by atoms with Crippen LogP contribution >= 0.6 is 39.0 Å². The Labute approximate surface area is 81.9 Å². The van der Waals surface area contributed by atoms with Crippen LogP contribution in [-0.4, -0.2) is 0 Å². The normalized spacial score (nSPS) is 11.1. The molecular formula is C7H4BrNS2. The summed E-state index contributed by atoms with van der Waals surface area (Å²) in [4.78, 5) is 2.72. The predicted molar refractivity (Wildman–Crippen MR) is 54.4 cm³/mol. The van der Waals surface area contributed by atoms with Crippen molar-refractivity contribution in [2.24, 2.45) is 0 Å². The van der Waals surface area contributed by atoms with Crippen molar-refractivity contribution in [3.05, 3.63) is 27.4 Å². The number of thioether (sulfide) groups is 1. The summed E-state index contributed by atoms with van der Waals surface area (Å²) >= 11 is 5.99. The quantitative estimate of drug-likeness (QED) is 0.743. The second-order valence-electron chi connectivity index (χ2n) is 1.68. The van der Waals surface area contributed by atoms with Gasteiger partial charge in [0.2, 0.25) is 0 Å².